The average molecular weight is 486 g/mol. The van der Waals surface area contributed by atoms with Crippen LogP contribution in [-0.4, -0.2) is 13.4 Å². The summed E-state index contributed by atoms with van der Waals surface area (Å²) in [6, 6.07) is 13.0. The summed E-state index contributed by atoms with van der Waals surface area (Å²) < 4.78 is 38.7. The van der Waals surface area contributed by atoms with E-state index in [1.165, 1.54) is 6.07 Å². The smallest absolute Gasteiger partial charge is 0.240 e. The Morgan fingerprint density at radius 1 is 0.960 bits per heavy atom. The van der Waals surface area contributed by atoms with E-state index in [1.807, 2.05) is 18.2 Å². The monoisotopic (exact) mass is 484 g/mol. The molecule has 0 atom stereocenters. The molecule has 0 spiro atoms. The predicted molar refractivity (Wildman–Crippen MR) is 102 cm³/mol. The van der Waals surface area contributed by atoms with Gasteiger partial charge in [-0.1, -0.05) is 44.0 Å². The molecule has 0 amide bonds. The summed E-state index contributed by atoms with van der Waals surface area (Å²) in [5.41, 5.74) is 2.65. The van der Waals surface area contributed by atoms with Crippen molar-refractivity contribution in [3.63, 3.8) is 0 Å². The summed E-state index contributed by atoms with van der Waals surface area (Å²) in [5.74, 6) is -0.898. The maximum absolute atomic E-state index is 14.2. The molecule has 8 heteroatoms. The van der Waals surface area contributed by atoms with Gasteiger partial charge in [-0.15, -0.1) is 0 Å². The number of hydrogen-bond donors (Lipinski definition) is 1. The van der Waals surface area contributed by atoms with Crippen molar-refractivity contribution in [2.24, 2.45) is 5.14 Å². The van der Waals surface area contributed by atoms with E-state index < -0.39 is 20.7 Å². The number of nitrogens with two attached hydrogens (primary N) is 1. The van der Waals surface area contributed by atoms with E-state index in [2.05, 4.69) is 36.8 Å². The van der Waals surface area contributed by atoms with Gasteiger partial charge < -0.3 is 0 Å². The van der Waals surface area contributed by atoms with Gasteiger partial charge >= 0.3 is 0 Å². The van der Waals surface area contributed by atoms with E-state index in [0.717, 1.165) is 26.6 Å². The number of hydrogen-bond acceptors (Lipinski definition) is 3. The molecule has 1 heterocycles. The van der Waals surface area contributed by atoms with Crippen LogP contribution in [0.25, 0.3) is 22.4 Å². The molecule has 3 aromatic rings. The topological polar surface area (TPSA) is 73.1 Å². The molecule has 2 aromatic carbocycles. The number of rotatable bonds is 3. The molecule has 0 aliphatic rings. The van der Waals surface area contributed by atoms with Gasteiger partial charge in [0, 0.05) is 26.3 Å². The fraction of sp³-hybridized carbons (Fsp3) is 0. The summed E-state index contributed by atoms with van der Waals surface area (Å²) >= 11 is 6.87. The minimum Gasteiger partial charge on any atom is -0.256 e. The zero-order chi connectivity index (χ0) is 18.2. The van der Waals surface area contributed by atoms with Gasteiger partial charge in [-0.05, 0) is 42.0 Å². The molecule has 2 N–H and O–H groups in total. The number of aromatic nitrogens is 1. The highest BCUT2D eigenvalue weighted by Gasteiger charge is 2.17. The van der Waals surface area contributed by atoms with E-state index in [1.54, 1.807) is 18.3 Å². The van der Waals surface area contributed by atoms with Crippen molar-refractivity contribution >= 4 is 41.9 Å². The molecule has 0 saturated heterocycles. The molecule has 0 radical (unpaired) electrons. The number of halogens is 3. The summed E-state index contributed by atoms with van der Waals surface area (Å²) in [7, 11) is -4.11. The van der Waals surface area contributed by atoms with Crippen LogP contribution in [-0.2, 0) is 10.0 Å². The minimum absolute atomic E-state index is 0.504. The van der Waals surface area contributed by atoms with Crippen LogP contribution < -0.4 is 5.14 Å². The lowest BCUT2D eigenvalue weighted by molar-refractivity contribution is 0.568. The molecule has 0 bridgehead atoms. The number of nitrogens with zero attached hydrogens (tertiary/aromatic N) is 1. The van der Waals surface area contributed by atoms with Crippen molar-refractivity contribution in [3.05, 3.63) is 69.5 Å². The predicted octanol–water partition coefficient (Wildman–Crippen LogP) is 4.73. The number of benzene rings is 2. The standard InChI is InChI=1S/C17H11Br2FN2O2S/c18-12-6-11(7-13(19)9-12)17-14(2-1-5-22-17)10-3-4-16(15(20)8-10)25(21,23)24/h1-9H,(H2,21,23,24). The van der Waals surface area contributed by atoms with Crippen molar-refractivity contribution in [2.45, 2.75) is 4.90 Å². The quantitative estimate of drug-likeness (QED) is 0.582. The molecule has 1 aromatic heterocycles. The van der Waals surface area contributed by atoms with Gasteiger partial charge in [0.2, 0.25) is 10.0 Å². The number of primary sulfonamides is 1. The van der Waals surface area contributed by atoms with Crippen LogP contribution >= 0.6 is 31.9 Å². The van der Waals surface area contributed by atoms with Crippen LogP contribution in [0.2, 0.25) is 0 Å². The van der Waals surface area contributed by atoms with Gasteiger partial charge in [0.15, 0.2) is 0 Å². The van der Waals surface area contributed by atoms with Crippen molar-refractivity contribution in [2.75, 3.05) is 0 Å². The SMILES string of the molecule is NS(=O)(=O)c1ccc(-c2cccnc2-c2cc(Br)cc(Br)c2)cc1F. The van der Waals surface area contributed by atoms with Crippen molar-refractivity contribution in [1.82, 2.24) is 4.98 Å². The first-order valence-corrected chi connectivity index (χ1v) is 10.1. The van der Waals surface area contributed by atoms with Crippen LogP contribution in [0.4, 0.5) is 4.39 Å². The van der Waals surface area contributed by atoms with Gasteiger partial charge in [-0.3, -0.25) is 4.98 Å². The van der Waals surface area contributed by atoms with Crippen molar-refractivity contribution in [3.8, 4) is 22.4 Å². The number of pyridine rings is 1. The molecular formula is C17H11Br2FN2O2S. The van der Waals surface area contributed by atoms with Crippen LogP contribution in [0, 0.1) is 5.82 Å². The molecule has 0 saturated carbocycles. The Hall–Kier alpha value is -1.61. The van der Waals surface area contributed by atoms with Crippen molar-refractivity contribution in [1.29, 1.82) is 0 Å². The summed E-state index contributed by atoms with van der Waals surface area (Å²) in [6.07, 6.45) is 1.64. The van der Waals surface area contributed by atoms with Crippen LogP contribution in [0.1, 0.15) is 0 Å². The van der Waals surface area contributed by atoms with E-state index >= 15 is 0 Å². The first kappa shape index (κ1) is 18.2. The molecule has 0 aliphatic carbocycles. The van der Waals surface area contributed by atoms with Crippen molar-refractivity contribution < 1.29 is 12.8 Å². The Labute approximate surface area is 161 Å². The fourth-order valence-electron chi connectivity index (χ4n) is 2.46. The van der Waals surface area contributed by atoms with Gasteiger partial charge in [0.1, 0.15) is 10.7 Å². The third-order valence-electron chi connectivity index (χ3n) is 3.49. The van der Waals surface area contributed by atoms with E-state index in [-0.39, 0.29) is 0 Å². The highest BCUT2D eigenvalue weighted by Crippen LogP contribution is 2.34. The van der Waals surface area contributed by atoms with E-state index in [4.69, 9.17) is 5.14 Å². The maximum atomic E-state index is 14.2. The summed E-state index contributed by atoms with van der Waals surface area (Å²) in [4.78, 5) is 3.87. The first-order valence-electron chi connectivity index (χ1n) is 7.00. The molecular weight excluding hydrogens is 475 g/mol. The normalized spacial score (nSPS) is 11.5. The lowest BCUT2D eigenvalue weighted by Gasteiger charge is -2.11. The van der Waals surface area contributed by atoms with Crippen LogP contribution in [0.15, 0.2) is 68.6 Å². The first-order chi connectivity index (χ1) is 11.8. The molecule has 0 fully saturated rings. The largest absolute Gasteiger partial charge is 0.256 e. The zero-order valence-electron chi connectivity index (χ0n) is 12.6. The average Bonchev–Trinajstić information content (AvgIpc) is 2.52. The molecule has 0 aliphatic heterocycles. The second kappa shape index (κ2) is 6.95. The van der Waals surface area contributed by atoms with Gasteiger partial charge in [-0.2, -0.15) is 0 Å². The zero-order valence-corrected chi connectivity index (χ0v) is 16.6. The Balaban J connectivity index is 2.18. The Morgan fingerprint density at radius 2 is 1.64 bits per heavy atom. The maximum Gasteiger partial charge on any atom is 0.240 e. The van der Waals surface area contributed by atoms with E-state index in [0.29, 0.717) is 16.8 Å². The number of sulfonamides is 1. The Kier molecular flexibility index (Phi) is 5.06. The third kappa shape index (κ3) is 3.98. The fourth-order valence-corrected chi connectivity index (χ4v) is 4.34. The molecule has 25 heavy (non-hydrogen) atoms. The highest BCUT2D eigenvalue weighted by molar-refractivity contribution is 9.11. The Morgan fingerprint density at radius 3 is 2.24 bits per heavy atom. The second-order valence-corrected chi connectivity index (χ2v) is 8.61. The molecule has 3 rings (SSSR count). The van der Waals surface area contributed by atoms with Gasteiger partial charge in [-0.25, -0.2) is 17.9 Å². The van der Waals surface area contributed by atoms with Gasteiger partial charge in [0.25, 0.3) is 0 Å². The highest BCUT2D eigenvalue weighted by atomic mass is 79.9. The lowest BCUT2D eigenvalue weighted by atomic mass is 9.99. The summed E-state index contributed by atoms with van der Waals surface area (Å²) in [6.45, 7) is 0. The van der Waals surface area contributed by atoms with Gasteiger partial charge in [0.05, 0.1) is 5.69 Å². The summed E-state index contributed by atoms with van der Waals surface area (Å²) in [5, 5.41) is 5.01. The molecule has 4 nitrogen and oxygen atoms in total. The van der Waals surface area contributed by atoms with Crippen LogP contribution in [0.3, 0.4) is 0 Å². The second-order valence-electron chi connectivity index (χ2n) is 5.25. The third-order valence-corrected chi connectivity index (χ3v) is 5.35. The van der Waals surface area contributed by atoms with Crippen LogP contribution in [0.5, 0.6) is 0 Å². The van der Waals surface area contributed by atoms with E-state index in [9.17, 15) is 12.8 Å². The Bertz CT molecular complexity index is 1050. The molecule has 128 valence electrons. The minimum atomic E-state index is -4.11. The lowest BCUT2D eigenvalue weighted by Crippen LogP contribution is -2.13. The molecule has 0 unspecified atom stereocenters.